The Morgan fingerprint density at radius 3 is 2.82 bits per heavy atom. The van der Waals surface area contributed by atoms with Crippen molar-refractivity contribution < 1.29 is 13.5 Å². The van der Waals surface area contributed by atoms with Crippen LogP contribution in [0.5, 0.6) is 0 Å². The lowest BCUT2D eigenvalue weighted by atomic mass is 9.99. The van der Waals surface area contributed by atoms with Gasteiger partial charge in [-0.05, 0) is 44.0 Å². The SMILES string of the molecule is CNC(CC1CCCO1)c1ccc(F)c(F)c1. The van der Waals surface area contributed by atoms with Crippen molar-refractivity contribution in [1.29, 1.82) is 0 Å². The second-order valence-electron chi connectivity index (χ2n) is 4.39. The molecule has 0 aromatic heterocycles. The molecule has 2 unspecified atom stereocenters. The topological polar surface area (TPSA) is 21.3 Å². The van der Waals surface area contributed by atoms with Crippen LogP contribution < -0.4 is 5.32 Å². The van der Waals surface area contributed by atoms with Gasteiger partial charge in [0.2, 0.25) is 0 Å². The molecule has 0 saturated carbocycles. The zero-order valence-corrected chi connectivity index (χ0v) is 9.88. The second kappa shape index (κ2) is 5.56. The molecule has 1 aliphatic rings. The Kier molecular flexibility index (Phi) is 4.07. The molecular weight excluding hydrogens is 224 g/mol. The number of hydrogen-bond acceptors (Lipinski definition) is 2. The fourth-order valence-electron chi connectivity index (χ4n) is 2.24. The average Bonchev–Trinajstić information content (AvgIpc) is 2.82. The van der Waals surface area contributed by atoms with Gasteiger partial charge in [0.15, 0.2) is 11.6 Å². The molecule has 1 heterocycles. The maximum absolute atomic E-state index is 13.2. The van der Waals surface area contributed by atoms with E-state index in [1.807, 2.05) is 7.05 Å². The van der Waals surface area contributed by atoms with E-state index in [-0.39, 0.29) is 12.1 Å². The lowest BCUT2D eigenvalue weighted by molar-refractivity contribution is 0.0953. The molecule has 2 nitrogen and oxygen atoms in total. The van der Waals surface area contributed by atoms with Crippen molar-refractivity contribution in [2.45, 2.75) is 31.4 Å². The van der Waals surface area contributed by atoms with Crippen LogP contribution in [0.2, 0.25) is 0 Å². The van der Waals surface area contributed by atoms with Crippen molar-refractivity contribution in [1.82, 2.24) is 5.32 Å². The molecule has 0 aliphatic carbocycles. The van der Waals surface area contributed by atoms with E-state index < -0.39 is 11.6 Å². The summed E-state index contributed by atoms with van der Waals surface area (Å²) in [5.74, 6) is -1.60. The summed E-state index contributed by atoms with van der Waals surface area (Å²) in [6.45, 7) is 0.804. The summed E-state index contributed by atoms with van der Waals surface area (Å²) >= 11 is 0. The van der Waals surface area contributed by atoms with Crippen molar-refractivity contribution in [2.75, 3.05) is 13.7 Å². The van der Waals surface area contributed by atoms with Gasteiger partial charge in [-0.25, -0.2) is 8.78 Å². The smallest absolute Gasteiger partial charge is 0.159 e. The van der Waals surface area contributed by atoms with Crippen molar-refractivity contribution >= 4 is 0 Å². The lowest BCUT2D eigenvalue weighted by Crippen LogP contribution is -2.22. The molecule has 1 aromatic carbocycles. The maximum atomic E-state index is 13.2. The Morgan fingerprint density at radius 2 is 2.24 bits per heavy atom. The minimum atomic E-state index is -0.805. The molecule has 4 heteroatoms. The molecule has 1 saturated heterocycles. The van der Waals surface area contributed by atoms with Gasteiger partial charge in [0.25, 0.3) is 0 Å². The first-order valence-electron chi connectivity index (χ1n) is 5.94. The van der Waals surface area contributed by atoms with Gasteiger partial charge < -0.3 is 10.1 Å². The molecule has 0 spiro atoms. The maximum Gasteiger partial charge on any atom is 0.159 e. The highest BCUT2D eigenvalue weighted by Gasteiger charge is 2.21. The number of halogens is 2. The molecule has 2 rings (SSSR count). The molecule has 1 aromatic rings. The summed E-state index contributed by atoms with van der Waals surface area (Å²) in [6.07, 6.45) is 3.14. The second-order valence-corrected chi connectivity index (χ2v) is 4.39. The zero-order chi connectivity index (χ0) is 12.3. The Hall–Kier alpha value is -1.00. The van der Waals surface area contributed by atoms with Crippen LogP contribution >= 0.6 is 0 Å². The van der Waals surface area contributed by atoms with Crippen LogP contribution in [0, 0.1) is 11.6 Å². The first-order chi connectivity index (χ1) is 8.20. The highest BCUT2D eigenvalue weighted by Crippen LogP contribution is 2.25. The Labute approximate surface area is 100.0 Å². The third-order valence-electron chi connectivity index (χ3n) is 3.22. The molecule has 1 fully saturated rings. The van der Waals surface area contributed by atoms with Gasteiger partial charge in [0.1, 0.15) is 0 Å². The van der Waals surface area contributed by atoms with Crippen LogP contribution in [0.25, 0.3) is 0 Å². The quantitative estimate of drug-likeness (QED) is 0.875. The number of rotatable bonds is 4. The van der Waals surface area contributed by atoms with Crippen LogP contribution in [0.3, 0.4) is 0 Å². The van der Waals surface area contributed by atoms with Crippen LogP contribution in [0.4, 0.5) is 8.78 Å². The van der Waals surface area contributed by atoms with E-state index in [4.69, 9.17) is 4.74 Å². The first kappa shape index (κ1) is 12.5. The molecule has 17 heavy (non-hydrogen) atoms. The van der Waals surface area contributed by atoms with Crippen LogP contribution in [-0.2, 0) is 4.74 Å². The molecule has 94 valence electrons. The molecule has 2 atom stereocenters. The molecule has 0 bridgehead atoms. The van der Waals surface area contributed by atoms with Crippen molar-refractivity contribution in [3.8, 4) is 0 Å². The summed E-state index contributed by atoms with van der Waals surface area (Å²) in [5, 5.41) is 3.12. The normalized spacial score (nSPS) is 21.7. The van der Waals surface area contributed by atoms with Gasteiger partial charge in [-0.1, -0.05) is 6.07 Å². The number of hydrogen-bond donors (Lipinski definition) is 1. The third-order valence-corrected chi connectivity index (χ3v) is 3.22. The fourth-order valence-corrected chi connectivity index (χ4v) is 2.24. The lowest BCUT2D eigenvalue weighted by Gasteiger charge is -2.20. The minimum Gasteiger partial charge on any atom is -0.378 e. The van der Waals surface area contributed by atoms with E-state index in [9.17, 15) is 8.78 Å². The predicted molar refractivity (Wildman–Crippen MR) is 61.7 cm³/mol. The van der Waals surface area contributed by atoms with Gasteiger partial charge >= 0.3 is 0 Å². The van der Waals surface area contributed by atoms with Crippen LogP contribution in [-0.4, -0.2) is 19.8 Å². The summed E-state index contributed by atoms with van der Waals surface area (Å²) < 4.78 is 31.6. The Bertz CT molecular complexity index is 378. The van der Waals surface area contributed by atoms with E-state index in [0.717, 1.165) is 31.4 Å². The molecule has 1 N–H and O–H groups in total. The minimum absolute atomic E-state index is 0.00759. The van der Waals surface area contributed by atoms with Gasteiger partial charge in [-0.2, -0.15) is 0 Å². The standard InChI is InChI=1S/C13H17F2NO/c1-16-13(8-10-3-2-6-17-10)9-4-5-11(14)12(15)7-9/h4-5,7,10,13,16H,2-3,6,8H2,1H3. The van der Waals surface area contributed by atoms with Crippen LogP contribution in [0.1, 0.15) is 30.9 Å². The molecular formula is C13H17F2NO. The number of nitrogens with one attached hydrogen (secondary N) is 1. The van der Waals surface area contributed by atoms with Gasteiger partial charge in [0, 0.05) is 12.6 Å². The van der Waals surface area contributed by atoms with E-state index in [1.54, 1.807) is 6.07 Å². The Balaban J connectivity index is 2.08. The van der Waals surface area contributed by atoms with Gasteiger partial charge in [0.05, 0.1) is 6.10 Å². The van der Waals surface area contributed by atoms with Crippen molar-refractivity contribution in [2.24, 2.45) is 0 Å². The van der Waals surface area contributed by atoms with Gasteiger partial charge in [-0.3, -0.25) is 0 Å². The van der Waals surface area contributed by atoms with Crippen molar-refractivity contribution in [3.63, 3.8) is 0 Å². The number of ether oxygens (including phenoxy) is 1. The largest absolute Gasteiger partial charge is 0.378 e. The fraction of sp³-hybridized carbons (Fsp3) is 0.538. The summed E-state index contributed by atoms with van der Waals surface area (Å²) in [7, 11) is 1.82. The molecule has 1 aliphatic heterocycles. The first-order valence-corrected chi connectivity index (χ1v) is 5.94. The van der Waals surface area contributed by atoms with E-state index in [2.05, 4.69) is 5.32 Å². The summed E-state index contributed by atoms with van der Waals surface area (Å²) in [4.78, 5) is 0. The zero-order valence-electron chi connectivity index (χ0n) is 9.88. The Morgan fingerprint density at radius 1 is 1.41 bits per heavy atom. The van der Waals surface area contributed by atoms with Gasteiger partial charge in [-0.15, -0.1) is 0 Å². The van der Waals surface area contributed by atoms with E-state index in [0.29, 0.717) is 0 Å². The van der Waals surface area contributed by atoms with E-state index >= 15 is 0 Å². The van der Waals surface area contributed by atoms with Crippen LogP contribution in [0.15, 0.2) is 18.2 Å². The van der Waals surface area contributed by atoms with Crippen molar-refractivity contribution in [3.05, 3.63) is 35.4 Å². The highest BCUT2D eigenvalue weighted by atomic mass is 19.2. The summed E-state index contributed by atoms with van der Waals surface area (Å²) in [6, 6.07) is 4.05. The predicted octanol–water partition coefficient (Wildman–Crippen LogP) is 2.79. The van der Waals surface area contributed by atoms with E-state index in [1.165, 1.54) is 12.1 Å². The molecule has 0 amide bonds. The number of benzene rings is 1. The summed E-state index contributed by atoms with van der Waals surface area (Å²) in [5.41, 5.74) is 0.766. The monoisotopic (exact) mass is 241 g/mol. The third kappa shape index (κ3) is 3.01. The molecule has 0 radical (unpaired) electrons. The highest BCUT2D eigenvalue weighted by molar-refractivity contribution is 5.21. The average molecular weight is 241 g/mol.